The Hall–Kier alpha value is -3.48. The number of hydrogen-bond donors (Lipinski definition) is 1. The Balaban J connectivity index is 1.52. The zero-order valence-electron chi connectivity index (χ0n) is 16.8. The molecule has 2 aliphatic heterocycles. The summed E-state index contributed by atoms with van der Waals surface area (Å²) in [4.78, 5) is 37.2. The van der Waals surface area contributed by atoms with E-state index in [1.54, 1.807) is 18.6 Å². The Bertz CT molecular complexity index is 1110. The van der Waals surface area contributed by atoms with Gasteiger partial charge in [0.15, 0.2) is 0 Å². The standard InChI is InChI=1S/C23H23N5O2/c1-27-14-12-25-21(27)20-23(17-6-2-3-7-18(17)26-22(23)30)10-13-28(20)19(29)9-8-16-5-4-11-24-15-16/h2-7,11-12,14-15,20H,8-10,13H2,1H3,(H,26,30)/t20-,23+/m0/s1. The number of hydrogen-bond acceptors (Lipinski definition) is 4. The minimum Gasteiger partial charge on any atom is -0.336 e. The van der Waals surface area contributed by atoms with Crippen LogP contribution in [0.4, 0.5) is 5.69 Å². The molecule has 0 unspecified atom stereocenters. The number of fused-ring (bicyclic) bond motifs is 2. The van der Waals surface area contributed by atoms with Gasteiger partial charge < -0.3 is 14.8 Å². The number of nitrogens with zero attached hydrogens (tertiary/aromatic N) is 4. The van der Waals surface area contributed by atoms with Crippen LogP contribution >= 0.6 is 0 Å². The van der Waals surface area contributed by atoms with Crippen molar-refractivity contribution in [3.8, 4) is 0 Å². The molecule has 2 amide bonds. The Morgan fingerprint density at radius 1 is 1.23 bits per heavy atom. The van der Waals surface area contributed by atoms with E-state index in [1.165, 1.54) is 0 Å². The van der Waals surface area contributed by atoms with Gasteiger partial charge in [0.25, 0.3) is 0 Å². The summed E-state index contributed by atoms with van der Waals surface area (Å²) in [7, 11) is 1.91. The number of rotatable bonds is 4. The highest BCUT2D eigenvalue weighted by Gasteiger charge is 2.60. The third-order valence-electron chi connectivity index (χ3n) is 6.36. The zero-order valence-corrected chi connectivity index (χ0v) is 16.8. The largest absolute Gasteiger partial charge is 0.336 e. The number of carbonyl (C=O) groups excluding carboxylic acids is 2. The Morgan fingerprint density at radius 2 is 2.10 bits per heavy atom. The molecule has 30 heavy (non-hydrogen) atoms. The van der Waals surface area contributed by atoms with E-state index in [4.69, 9.17) is 0 Å². The molecule has 3 aromatic rings. The first-order valence-corrected chi connectivity index (χ1v) is 10.2. The quantitative estimate of drug-likeness (QED) is 0.729. The molecule has 1 saturated heterocycles. The lowest BCUT2D eigenvalue weighted by Gasteiger charge is -2.33. The molecule has 0 bridgehead atoms. The molecule has 7 heteroatoms. The zero-order chi connectivity index (χ0) is 20.7. The number of carbonyl (C=O) groups is 2. The van der Waals surface area contributed by atoms with Crippen LogP contribution < -0.4 is 5.32 Å². The number of pyridine rings is 1. The summed E-state index contributed by atoms with van der Waals surface area (Å²) >= 11 is 0. The molecular weight excluding hydrogens is 378 g/mol. The van der Waals surface area contributed by atoms with Gasteiger partial charge in [-0.05, 0) is 36.1 Å². The maximum atomic E-state index is 13.3. The van der Waals surface area contributed by atoms with Crippen molar-refractivity contribution in [2.24, 2.45) is 7.05 Å². The van der Waals surface area contributed by atoms with Crippen molar-refractivity contribution in [3.63, 3.8) is 0 Å². The van der Waals surface area contributed by atoms with E-state index in [1.807, 2.05) is 59.1 Å². The van der Waals surface area contributed by atoms with Gasteiger partial charge in [0.2, 0.25) is 11.8 Å². The number of para-hydroxylation sites is 1. The van der Waals surface area contributed by atoms with Crippen LogP contribution in [0.1, 0.15) is 35.8 Å². The number of aryl methyl sites for hydroxylation is 2. The lowest BCUT2D eigenvalue weighted by atomic mass is 9.74. The third-order valence-corrected chi connectivity index (χ3v) is 6.36. The van der Waals surface area contributed by atoms with Gasteiger partial charge in [-0.25, -0.2) is 4.98 Å². The predicted octanol–water partition coefficient (Wildman–Crippen LogP) is 2.61. The molecule has 1 spiro atoms. The molecule has 152 valence electrons. The van der Waals surface area contributed by atoms with Crippen LogP contribution in [-0.4, -0.2) is 37.8 Å². The van der Waals surface area contributed by atoms with Crippen LogP contribution in [0.3, 0.4) is 0 Å². The lowest BCUT2D eigenvalue weighted by Crippen LogP contribution is -2.43. The summed E-state index contributed by atoms with van der Waals surface area (Å²) in [5.41, 5.74) is 1.98. The minimum absolute atomic E-state index is 0.0286. The average Bonchev–Trinajstić information content (AvgIpc) is 3.44. The second-order valence-electron chi connectivity index (χ2n) is 7.97. The van der Waals surface area contributed by atoms with Gasteiger partial charge in [0.1, 0.15) is 17.3 Å². The van der Waals surface area contributed by atoms with Gasteiger partial charge in [-0.1, -0.05) is 24.3 Å². The van der Waals surface area contributed by atoms with Gasteiger partial charge in [0, 0.05) is 50.5 Å². The van der Waals surface area contributed by atoms with E-state index in [9.17, 15) is 9.59 Å². The van der Waals surface area contributed by atoms with Crippen LogP contribution in [0.25, 0.3) is 0 Å². The van der Waals surface area contributed by atoms with Crippen LogP contribution in [-0.2, 0) is 28.5 Å². The number of benzene rings is 1. The van der Waals surface area contributed by atoms with E-state index < -0.39 is 11.5 Å². The van der Waals surface area contributed by atoms with Crippen LogP contribution in [0, 0.1) is 0 Å². The van der Waals surface area contributed by atoms with Crippen LogP contribution in [0.15, 0.2) is 61.2 Å². The number of aromatic nitrogens is 3. The smallest absolute Gasteiger partial charge is 0.237 e. The summed E-state index contributed by atoms with van der Waals surface area (Å²) < 4.78 is 1.91. The second kappa shape index (κ2) is 7.09. The number of likely N-dealkylation sites (tertiary alicyclic amines) is 1. The second-order valence-corrected chi connectivity index (χ2v) is 7.97. The fraction of sp³-hybridized carbons (Fsp3) is 0.304. The Kier molecular flexibility index (Phi) is 4.38. The molecular formula is C23H23N5O2. The van der Waals surface area contributed by atoms with Crippen molar-refractivity contribution < 1.29 is 9.59 Å². The molecule has 4 heterocycles. The molecule has 0 aliphatic carbocycles. The predicted molar refractivity (Wildman–Crippen MR) is 112 cm³/mol. The first kappa shape index (κ1) is 18.5. The molecule has 2 aliphatic rings. The van der Waals surface area contributed by atoms with E-state index in [0.29, 0.717) is 25.8 Å². The number of imidazole rings is 1. The summed E-state index contributed by atoms with van der Waals surface area (Å²) in [6.45, 7) is 0.519. The van der Waals surface area contributed by atoms with Gasteiger partial charge in [-0.2, -0.15) is 0 Å². The van der Waals surface area contributed by atoms with E-state index in [2.05, 4.69) is 15.3 Å². The molecule has 5 rings (SSSR count). The van der Waals surface area contributed by atoms with Crippen molar-refractivity contribution >= 4 is 17.5 Å². The van der Waals surface area contributed by atoms with Crippen molar-refractivity contribution in [2.75, 3.05) is 11.9 Å². The highest BCUT2D eigenvalue weighted by Crippen LogP contribution is 2.54. The Labute approximate surface area is 174 Å². The summed E-state index contributed by atoms with van der Waals surface area (Å²) in [6, 6.07) is 11.2. The van der Waals surface area contributed by atoms with Gasteiger partial charge in [0.05, 0.1) is 0 Å². The monoisotopic (exact) mass is 401 g/mol. The van der Waals surface area contributed by atoms with Crippen LogP contribution in [0.2, 0.25) is 0 Å². The van der Waals surface area contributed by atoms with E-state index >= 15 is 0 Å². The van der Waals surface area contributed by atoms with Crippen LogP contribution in [0.5, 0.6) is 0 Å². The summed E-state index contributed by atoms with van der Waals surface area (Å²) in [5.74, 6) is 0.703. The minimum atomic E-state index is -0.820. The number of nitrogens with one attached hydrogen (secondary N) is 1. The Morgan fingerprint density at radius 3 is 2.87 bits per heavy atom. The molecule has 1 N–H and O–H groups in total. The average molecular weight is 401 g/mol. The summed E-state index contributed by atoms with van der Waals surface area (Å²) in [6.07, 6.45) is 8.65. The fourth-order valence-corrected chi connectivity index (χ4v) is 4.90. The molecule has 0 radical (unpaired) electrons. The topological polar surface area (TPSA) is 80.1 Å². The molecule has 2 aromatic heterocycles. The third kappa shape index (κ3) is 2.73. The molecule has 7 nitrogen and oxygen atoms in total. The normalized spacial score (nSPS) is 22.4. The highest BCUT2D eigenvalue weighted by molar-refractivity contribution is 6.07. The molecule has 1 fully saturated rings. The van der Waals surface area contributed by atoms with Gasteiger partial charge in [-0.3, -0.25) is 14.6 Å². The molecule has 0 saturated carbocycles. The van der Waals surface area contributed by atoms with Crippen molar-refractivity contribution in [2.45, 2.75) is 30.7 Å². The molecule has 2 atom stereocenters. The number of amides is 2. The van der Waals surface area contributed by atoms with Crippen molar-refractivity contribution in [1.29, 1.82) is 0 Å². The van der Waals surface area contributed by atoms with Gasteiger partial charge >= 0.3 is 0 Å². The fourth-order valence-electron chi connectivity index (χ4n) is 4.90. The van der Waals surface area contributed by atoms with Gasteiger partial charge in [-0.15, -0.1) is 0 Å². The number of anilines is 1. The first-order valence-electron chi connectivity index (χ1n) is 10.2. The van der Waals surface area contributed by atoms with Crippen molar-refractivity contribution in [1.82, 2.24) is 19.4 Å². The maximum absolute atomic E-state index is 13.3. The van der Waals surface area contributed by atoms with Crippen molar-refractivity contribution in [3.05, 3.63) is 78.1 Å². The maximum Gasteiger partial charge on any atom is 0.237 e. The highest BCUT2D eigenvalue weighted by atomic mass is 16.2. The van der Waals surface area contributed by atoms with E-state index in [-0.39, 0.29) is 11.8 Å². The van der Waals surface area contributed by atoms with E-state index in [0.717, 1.165) is 22.6 Å². The SMILES string of the molecule is Cn1ccnc1[C@@H]1N(C(=O)CCc2cccnc2)CC[C@]12C(=O)Nc1ccccc12. The lowest BCUT2D eigenvalue weighted by molar-refractivity contribution is -0.133. The molecule has 1 aromatic carbocycles. The first-order chi connectivity index (χ1) is 14.6. The summed E-state index contributed by atoms with van der Waals surface area (Å²) in [5, 5.41) is 3.04.